The Morgan fingerprint density at radius 1 is 1.03 bits per heavy atom. The number of likely N-dealkylation sites (tertiary alicyclic amines) is 1. The van der Waals surface area contributed by atoms with Crippen LogP contribution in [0.2, 0.25) is 0 Å². The molecule has 166 valence electrons. The number of nitrogens with zero attached hydrogens (tertiary/aromatic N) is 2. The molecule has 0 bridgehead atoms. The molecular formula is C25H29F3N2O. The van der Waals surface area contributed by atoms with Crippen molar-refractivity contribution in [2.45, 2.75) is 64.3 Å². The van der Waals surface area contributed by atoms with Crippen LogP contribution in [-0.2, 0) is 6.54 Å². The Balaban J connectivity index is 1.46. The summed E-state index contributed by atoms with van der Waals surface area (Å²) in [7, 11) is 0. The topological polar surface area (TPSA) is 36.3 Å². The van der Waals surface area contributed by atoms with Gasteiger partial charge in [0.2, 0.25) is 0 Å². The maximum absolute atomic E-state index is 12.9. The van der Waals surface area contributed by atoms with Gasteiger partial charge in [-0.2, -0.15) is 18.4 Å². The molecule has 1 aliphatic carbocycles. The summed E-state index contributed by atoms with van der Waals surface area (Å²) >= 11 is 0. The zero-order chi connectivity index (χ0) is 22.0. The van der Waals surface area contributed by atoms with Crippen molar-refractivity contribution in [1.29, 1.82) is 5.26 Å². The van der Waals surface area contributed by atoms with Gasteiger partial charge in [0.15, 0.2) is 0 Å². The molecule has 0 spiro atoms. The van der Waals surface area contributed by atoms with Gasteiger partial charge < -0.3 is 4.74 Å². The maximum Gasteiger partial charge on any atom is 0.391 e. The summed E-state index contributed by atoms with van der Waals surface area (Å²) in [5.41, 5.74) is 1.69. The van der Waals surface area contributed by atoms with Gasteiger partial charge >= 0.3 is 6.18 Å². The Labute approximate surface area is 181 Å². The van der Waals surface area contributed by atoms with E-state index in [9.17, 15) is 18.4 Å². The highest BCUT2D eigenvalue weighted by atomic mass is 19.4. The van der Waals surface area contributed by atoms with Crippen LogP contribution in [0.3, 0.4) is 0 Å². The van der Waals surface area contributed by atoms with Gasteiger partial charge in [-0.3, -0.25) is 4.90 Å². The molecule has 3 nitrogen and oxygen atoms in total. The van der Waals surface area contributed by atoms with E-state index < -0.39 is 12.1 Å². The molecule has 0 aromatic heterocycles. The van der Waals surface area contributed by atoms with E-state index in [0.29, 0.717) is 24.2 Å². The molecule has 0 unspecified atom stereocenters. The van der Waals surface area contributed by atoms with Crippen LogP contribution >= 0.6 is 0 Å². The summed E-state index contributed by atoms with van der Waals surface area (Å²) in [5.74, 6) is 0.0390. The largest absolute Gasteiger partial charge is 0.489 e. The number of benzene rings is 2. The van der Waals surface area contributed by atoms with Gasteiger partial charge in [-0.1, -0.05) is 25.1 Å². The lowest BCUT2D eigenvalue weighted by atomic mass is 9.87. The predicted octanol–water partition coefficient (Wildman–Crippen LogP) is 6.44. The van der Waals surface area contributed by atoms with Crippen molar-refractivity contribution in [1.82, 2.24) is 4.90 Å². The summed E-state index contributed by atoms with van der Waals surface area (Å²) in [5, 5.41) is 11.6. The first-order chi connectivity index (χ1) is 14.8. The zero-order valence-corrected chi connectivity index (χ0v) is 17.9. The minimum absolute atomic E-state index is 0.0856. The van der Waals surface area contributed by atoms with Gasteiger partial charge in [0.05, 0.1) is 12.0 Å². The number of piperidine rings is 1. The summed E-state index contributed by atoms with van der Waals surface area (Å²) in [6, 6.07) is 12.2. The molecule has 31 heavy (non-hydrogen) atoms. The quantitative estimate of drug-likeness (QED) is 0.560. The molecule has 1 saturated carbocycles. The van der Waals surface area contributed by atoms with Crippen LogP contribution in [0.15, 0.2) is 30.3 Å². The van der Waals surface area contributed by atoms with Crippen LogP contribution < -0.4 is 4.74 Å². The van der Waals surface area contributed by atoms with Crippen molar-refractivity contribution in [3.63, 3.8) is 0 Å². The molecule has 4 rings (SSSR count). The van der Waals surface area contributed by atoms with Gasteiger partial charge in [0, 0.05) is 11.9 Å². The Morgan fingerprint density at radius 2 is 1.74 bits per heavy atom. The van der Waals surface area contributed by atoms with Crippen molar-refractivity contribution < 1.29 is 17.9 Å². The van der Waals surface area contributed by atoms with Gasteiger partial charge in [0.25, 0.3) is 0 Å². The minimum Gasteiger partial charge on any atom is -0.489 e. The summed E-state index contributed by atoms with van der Waals surface area (Å²) in [4.78, 5) is 2.47. The number of alkyl halides is 3. The summed E-state index contributed by atoms with van der Waals surface area (Å²) < 4.78 is 44.7. The predicted molar refractivity (Wildman–Crippen MR) is 115 cm³/mol. The van der Waals surface area contributed by atoms with Crippen molar-refractivity contribution in [2.24, 2.45) is 11.8 Å². The van der Waals surface area contributed by atoms with Crippen LogP contribution in [0.4, 0.5) is 13.2 Å². The Kier molecular flexibility index (Phi) is 6.43. The lowest BCUT2D eigenvalue weighted by molar-refractivity contribution is -0.185. The Bertz CT molecular complexity index is 950. The van der Waals surface area contributed by atoms with Crippen molar-refractivity contribution in [3.05, 3.63) is 41.5 Å². The molecule has 1 saturated heterocycles. The summed E-state index contributed by atoms with van der Waals surface area (Å²) in [6.45, 7) is 5.45. The highest BCUT2D eigenvalue weighted by Gasteiger charge is 2.41. The second-order valence-electron chi connectivity index (χ2n) is 9.20. The molecule has 2 aromatic carbocycles. The van der Waals surface area contributed by atoms with E-state index in [1.54, 1.807) is 6.07 Å². The van der Waals surface area contributed by atoms with E-state index in [-0.39, 0.29) is 18.9 Å². The molecule has 0 N–H and O–H groups in total. The second-order valence-corrected chi connectivity index (χ2v) is 9.20. The third-order valence-electron chi connectivity index (χ3n) is 6.87. The smallest absolute Gasteiger partial charge is 0.391 e. The molecule has 1 heterocycles. The fraction of sp³-hybridized carbons (Fsp3) is 0.560. The first-order valence-electron chi connectivity index (χ1n) is 11.2. The van der Waals surface area contributed by atoms with E-state index in [2.05, 4.69) is 30.0 Å². The van der Waals surface area contributed by atoms with E-state index in [0.717, 1.165) is 36.3 Å². The molecule has 0 amide bonds. The van der Waals surface area contributed by atoms with E-state index >= 15 is 0 Å². The summed E-state index contributed by atoms with van der Waals surface area (Å²) in [6.07, 6.45) is -1.04. The minimum atomic E-state index is -4.13. The number of halogens is 3. The van der Waals surface area contributed by atoms with Crippen LogP contribution in [0, 0.1) is 23.2 Å². The Morgan fingerprint density at radius 3 is 2.39 bits per heavy atom. The molecule has 2 fully saturated rings. The average Bonchev–Trinajstić information content (AvgIpc) is 2.75. The number of hydrogen-bond acceptors (Lipinski definition) is 3. The van der Waals surface area contributed by atoms with Crippen molar-refractivity contribution >= 4 is 10.8 Å². The maximum atomic E-state index is 12.9. The van der Waals surface area contributed by atoms with E-state index in [4.69, 9.17) is 4.74 Å². The number of hydrogen-bond donors (Lipinski definition) is 0. The fourth-order valence-electron chi connectivity index (χ4n) is 4.84. The number of fused-ring (bicyclic) bond motifs is 1. The zero-order valence-electron chi connectivity index (χ0n) is 17.9. The van der Waals surface area contributed by atoms with Gasteiger partial charge in [0.1, 0.15) is 17.4 Å². The number of rotatable bonds is 4. The molecule has 0 radical (unpaired) electrons. The molecule has 2 aliphatic rings. The molecule has 2 aromatic rings. The first kappa shape index (κ1) is 22.0. The fourth-order valence-corrected chi connectivity index (χ4v) is 4.84. The molecule has 0 atom stereocenters. The SMILES string of the molecule is CC1CCN(Cc2ccc3c(C#N)c(OC4CCC(C(F)(F)F)CC4)ccc3c2)CC1. The molecular weight excluding hydrogens is 401 g/mol. The third kappa shape index (κ3) is 5.15. The highest BCUT2D eigenvalue weighted by molar-refractivity contribution is 5.90. The van der Waals surface area contributed by atoms with Crippen molar-refractivity contribution in [3.8, 4) is 11.8 Å². The highest BCUT2D eigenvalue weighted by Crippen LogP contribution is 2.39. The van der Waals surface area contributed by atoms with Crippen LogP contribution in [0.5, 0.6) is 5.75 Å². The van der Waals surface area contributed by atoms with Crippen LogP contribution in [0.25, 0.3) is 10.8 Å². The third-order valence-corrected chi connectivity index (χ3v) is 6.87. The lowest BCUT2D eigenvalue weighted by Gasteiger charge is -2.30. The van der Waals surface area contributed by atoms with E-state index in [1.165, 1.54) is 18.4 Å². The lowest BCUT2D eigenvalue weighted by Crippen LogP contribution is -2.32. The van der Waals surface area contributed by atoms with Crippen LogP contribution in [0.1, 0.15) is 56.6 Å². The monoisotopic (exact) mass is 430 g/mol. The standard InChI is InChI=1S/C25H29F3N2O/c1-17-10-12-30(13-11-17)16-18-2-8-22-19(14-18)3-9-24(23(22)15-29)31-21-6-4-20(5-7-21)25(26,27)28/h2-3,8-9,14,17,20-21H,4-7,10-13,16H2,1H3. The second kappa shape index (κ2) is 9.08. The Hall–Kier alpha value is -2.26. The number of nitriles is 1. The normalized spacial score (nSPS) is 23.6. The van der Waals surface area contributed by atoms with Gasteiger partial charge in [-0.25, -0.2) is 0 Å². The van der Waals surface area contributed by atoms with E-state index in [1.807, 2.05) is 12.1 Å². The average molecular weight is 431 g/mol. The molecule has 1 aliphatic heterocycles. The van der Waals surface area contributed by atoms with Crippen molar-refractivity contribution in [2.75, 3.05) is 13.1 Å². The van der Waals surface area contributed by atoms with Gasteiger partial charge in [-0.05, 0) is 80.6 Å². The number of ether oxygens (including phenoxy) is 1. The molecule has 6 heteroatoms. The van der Waals surface area contributed by atoms with Crippen LogP contribution in [-0.4, -0.2) is 30.3 Å². The van der Waals surface area contributed by atoms with Gasteiger partial charge in [-0.15, -0.1) is 0 Å². The first-order valence-corrected chi connectivity index (χ1v) is 11.2.